The number of benzene rings is 2. The first-order chi connectivity index (χ1) is 20.3. The Morgan fingerprint density at radius 2 is 1.77 bits per heavy atom. The predicted octanol–water partition coefficient (Wildman–Crippen LogP) is 1.52. The van der Waals surface area contributed by atoms with E-state index in [9.17, 15) is 34.8 Å². The van der Waals surface area contributed by atoms with Crippen molar-refractivity contribution in [2.75, 3.05) is 39.6 Å². The number of ketones is 2. The number of amides is 1. The lowest BCUT2D eigenvalue weighted by Crippen LogP contribution is -2.63. The van der Waals surface area contributed by atoms with Gasteiger partial charge in [-0.25, -0.2) is 0 Å². The van der Waals surface area contributed by atoms with Crippen LogP contribution in [0.25, 0.3) is 0 Å². The molecule has 7 N–H and O–H groups in total. The summed E-state index contributed by atoms with van der Waals surface area (Å²) in [4.78, 5) is 43.0. The van der Waals surface area contributed by atoms with Crippen LogP contribution in [0.4, 0.5) is 5.69 Å². The predicted molar refractivity (Wildman–Crippen MR) is 160 cm³/mol. The number of fused-ring (bicyclic) bond motifs is 3. The average Bonchev–Trinajstić information content (AvgIpc) is 2.93. The number of anilines is 1. The van der Waals surface area contributed by atoms with Crippen LogP contribution in [-0.2, 0) is 29.0 Å². The van der Waals surface area contributed by atoms with Gasteiger partial charge in [-0.1, -0.05) is 30.3 Å². The summed E-state index contributed by atoms with van der Waals surface area (Å²) in [5, 5.41) is 48.8. The van der Waals surface area contributed by atoms with Crippen LogP contribution in [-0.4, -0.2) is 89.2 Å². The van der Waals surface area contributed by atoms with Gasteiger partial charge in [0.05, 0.1) is 11.6 Å². The highest BCUT2D eigenvalue weighted by Gasteiger charge is 2.63. The number of hydrogen-bond donors (Lipinski definition) is 6. The Balaban J connectivity index is 1.56. The second kappa shape index (κ2) is 11.1. The highest BCUT2D eigenvalue weighted by molar-refractivity contribution is 6.24. The van der Waals surface area contributed by atoms with Crippen molar-refractivity contribution in [1.29, 1.82) is 0 Å². The van der Waals surface area contributed by atoms with Gasteiger partial charge in [0, 0.05) is 37.8 Å². The van der Waals surface area contributed by atoms with E-state index >= 15 is 0 Å². The third-order valence-corrected chi connectivity index (χ3v) is 8.97. The standard InChI is InChI=1S/C32H38N4O7/c1-35(2)25-18(15-34-11-10-16-8-6-5-7-9-16)14-21(37)23-19(25)12-17-13-20-26(36(3)4)28(39)24(31(33)42)30(41)32(20,43)29(40)22(17)27(23)38/h5-9,14,17,20,26,34,37,39-40,43H,10-13,15H2,1-4H3,(H2,33,42)/t17-,20-,26-,32-/m0/s1. The number of aromatic hydroxyl groups is 1. The first-order valence-corrected chi connectivity index (χ1v) is 14.2. The van der Waals surface area contributed by atoms with Gasteiger partial charge in [0.25, 0.3) is 5.91 Å². The van der Waals surface area contributed by atoms with Crippen molar-refractivity contribution in [3.8, 4) is 5.75 Å². The summed E-state index contributed by atoms with van der Waals surface area (Å²) in [6, 6.07) is 10.5. The molecular weight excluding hydrogens is 552 g/mol. The van der Waals surface area contributed by atoms with E-state index in [0.29, 0.717) is 18.7 Å². The van der Waals surface area contributed by atoms with Gasteiger partial charge in [-0.3, -0.25) is 19.3 Å². The van der Waals surface area contributed by atoms with Gasteiger partial charge in [0.15, 0.2) is 11.4 Å². The molecule has 11 heteroatoms. The molecule has 4 atom stereocenters. The van der Waals surface area contributed by atoms with Crippen molar-refractivity contribution in [3.63, 3.8) is 0 Å². The van der Waals surface area contributed by atoms with Crippen molar-refractivity contribution in [2.24, 2.45) is 17.6 Å². The molecule has 0 saturated carbocycles. The van der Waals surface area contributed by atoms with E-state index in [1.54, 1.807) is 14.1 Å². The number of nitrogens with zero attached hydrogens (tertiary/aromatic N) is 2. The molecule has 0 heterocycles. The van der Waals surface area contributed by atoms with Crippen molar-refractivity contribution >= 4 is 23.2 Å². The fraction of sp³-hybridized carbons (Fsp3) is 0.406. The number of phenolic OH excluding ortho intramolecular Hbond substituents is 1. The summed E-state index contributed by atoms with van der Waals surface area (Å²) in [5.41, 5.74) is 5.08. The number of rotatable bonds is 8. The Morgan fingerprint density at radius 1 is 1.09 bits per heavy atom. The zero-order valence-corrected chi connectivity index (χ0v) is 24.7. The summed E-state index contributed by atoms with van der Waals surface area (Å²) in [7, 11) is 6.91. The minimum atomic E-state index is -2.66. The Labute approximate surface area is 249 Å². The number of phenols is 1. The summed E-state index contributed by atoms with van der Waals surface area (Å²) in [6.07, 6.45) is 1.09. The van der Waals surface area contributed by atoms with Crippen LogP contribution in [0.1, 0.15) is 33.5 Å². The summed E-state index contributed by atoms with van der Waals surface area (Å²) < 4.78 is 0. The van der Waals surface area contributed by atoms with E-state index in [1.165, 1.54) is 16.5 Å². The molecular formula is C32H38N4O7. The van der Waals surface area contributed by atoms with Crippen molar-refractivity contribution < 1.29 is 34.8 Å². The number of nitrogens with one attached hydrogen (secondary N) is 1. The number of carbonyl (C=O) groups excluding carboxylic acids is 3. The van der Waals surface area contributed by atoms with Gasteiger partial charge in [-0.05, 0) is 68.6 Å². The zero-order chi connectivity index (χ0) is 31.4. The van der Waals surface area contributed by atoms with Crippen LogP contribution in [0.3, 0.4) is 0 Å². The van der Waals surface area contributed by atoms with Crippen LogP contribution in [0, 0.1) is 11.8 Å². The van der Waals surface area contributed by atoms with Crippen LogP contribution in [0.5, 0.6) is 5.75 Å². The molecule has 0 aliphatic heterocycles. The molecule has 0 unspecified atom stereocenters. The fourth-order valence-electron chi connectivity index (χ4n) is 7.17. The normalized spacial score (nSPS) is 25.0. The third-order valence-electron chi connectivity index (χ3n) is 8.97. The highest BCUT2D eigenvalue weighted by atomic mass is 16.3. The molecule has 3 aliphatic carbocycles. The van der Waals surface area contributed by atoms with Gasteiger partial charge >= 0.3 is 0 Å². The molecule has 228 valence electrons. The first kappa shape index (κ1) is 30.3. The van der Waals surface area contributed by atoms with E-state index in [2.05, 4.69) is 17.4 Å². The van der Waals surface area contributed by atoms with Crippen LogP contribution < -0.4 is 16.0 Å². The zero-order valence-electron chi connectivity index (χ0n) is 24.7. The molecule has 3 aliphatic rings. The summed E-state index contributed by atoms with van der Waals surface area (Å²) >= 11 is 0. The molecule has 0 saturated heterocycles. The minimum Gasteiger partial charge on any atom is -0.510 e. The minimum absolute atomic E-state index is 0.00230. The highest BCUT2D eigenvalue weighted by Crippen LogP contribution is 2.53. The van der Waals surface area contributed by atoms with E-state index in [0.717, 1.165) is 17.7 Å². The second-order valence-electron chi connectivity index (χ2n) is 12.0. The van der Waals surface area contributed by atoms with Gasteiger partial charge in [0.1, 0.15) is 22.8 Å². The Kier molecular flexibility index (Phi) is 7.84. The summed E-state index contributed by atoms with van der Waals surface area (Å²) in [6.45, 7) is 1.13. The smallest absolute Gasteiger partial charge is 0.255 e. The molecule has 0 bridgehead atoms. The van der Waals surface area contributed by atoms with Crippen molar-refractivity contribution in [3.05, 3.63) is 81.3 Å². The SMILES string of the molecule is CN(C)c1c(CNCCc2ccccc2)cc(O)c2c1C[C@H]1C[C@H]3[C@H](N(C)C)C(O)=C(C(N)=O)C(=O)[C@@]3(O)C(O)=C1C2=O. The maximum Gasteiger partial charge on any atom is 0.255 e. The number of aliphatic hydroxyl groups excluding tert-OH is 2. The van der Waals surface area contributed by atoms with Gasteiger partial charge in [-0.2, -0.15) is 0 Å². The molecule has 0 fully saturated rings. The number of carbonyl (C=O) groups is 3. The maximum absolute atomic E-state index is 14.0. The lowest BCUT2D eigenvalue weighted by atomic mass is 9.58. The average molecular weight is 591 g/mol. The van der Waals surface area contributed by atoms with Gasteiger partial charge < -0.3 is 36.4 Å². The molecule has 5 rings (SSSR count). The van der Waals surface area contributed by atoms with Crippen molar-refractivity contribution in [1.82, 2.24) is 10.2 Å². The molecule has 43 heavy (non-hydrogen) atoms. The number of allylic oxidation sites excluding steroid dienone is 1. The van der Waals surface area contributed by atoms with Crippen molar-refractivity contribution in [2.45, 2.75) is 37.5 Å². The second-order valence-corrected chi connectivity index (χ2v) is 12.0. The van der Waals surface area contributed by atoms with Gasteiger partial charge in [-0.15, -0.1) is 0 Å². The van der Waals surface area contributed by atoms with E-state index in [1.807, 2.05) is 37.2 Å². The number of primary amides is 1. The van der Waals surface area contributed by atoms with E-state index in [4.69, 9.17) is 5.73 Å². The van der Waals surface area contributed by atoms with Crippen LogP contribution in [0.2, 0.25) is 0 Å². The maximum atomic E-state index is 14.0. The Hall–Kier alpha value is -4.19. The number of aliphatic hydroxyl groups is 3. The van der Waals surface area contributed by atoms with Crippen LogP contribution in [0.15, 0.2) is 59.1 Å². The van der Waals surface area contributed by atoms with Gasteiger partial charge in [0.2, 0.25) is 5.78 Å². The number of hydrogen-bond acceptors (Lipinski definition) is 10. The fourth-order valence-corrected chi connectivity index (χ4v) is 7.17. The topological polar surface area (TPSA) is 177 Å². The lowest BCUT2D eigenvalue weighted by Gasteiger charge is -2.50. The monoisotopic (exact) mass is 590 g/mol. The quantitative estimate of drug-likeness (QED) is 0.195. The largest absolute Gasteiger partial charge is 0.510 e. The molecule has 2 aromatic rings. The number of nitrogens with two attached hydrogens (primary N) is 1. The van der Waals surface area contributed by atoms with E-state index in [-0.39, 0.29) is 29.7 Å². The summed E-state index contributed by atoms with van der Waals surface area (Å²) in [5.74, 6) is -6.64. The molecule has 0 radical (unpaired) electrons. The number of likely N-dealkylation sites (N-methyl/N-ethyl adjacent to an activating group) is 1. The molecule has 11 nitrogen and oxygen atoms in total. The molecule has 0 spiro atoms. The lowest BCUT2D eigenvalue weighted by molar-refractivity contribution is -0.148. The molecule has 0 aromatic heterocycles. The Morgan fingerprint density at radius 3 is 2.37 bits per heavy atom. The first-order valence-electron chi connectivity index (χ1n) is 14.2. The number of Topliss-reactive ketones (excluding diaryl/α,β-unsaturated/α-hetero) is 2. The Bertz CT molecular complexity index is 1560. The third kappa shape index (κ3) is 4.77. The van der Waals surface area contributed by atoms with Crippen LogP contribution >= 0.6 is 0 Å². The van der Waals surface area contributed by atoms with E-state index < -0.39 is 58.0 Å². The molecule has 2 aromatic carbocycles. The molecule has 1 amide bonds.